The van der Waals surface area contributed by atoms with Gasteiger partial charge in [0.05, 0.1) is 0 Å². The molecule has 2 rings (SSSR count). The van der Waals surface area contributed by atoms with E-state index < -0.39 is 0 Å². The highest BCUT2D eigenvalue weighted by atomic mass is 16.5. The molecule has 1 atom stereocenters. The van der Waals surface area contributed by atoms with Crippen molar-refractivity contribution in [2.24, 2.45) is 5.92 Å². The zero-order chi connectivity index (χ0) is 16.8. The van der Waals surface area contributed by atoms with Crippen molar-refractivity contribution < 1.29 is 4.74 Å². The molecule has 0 aliphatic carbocycles. The Bertz CT molecular complexity index is 486. The van der Waals surface area contributed by atoms with Crippen LogP contribution in [0.1, 0.15) is 25.4 Å². The molecule has 130 valence electrons. The first-order valence-electron chi connectivity index (χ1n) is 8.49. The molecule has 1 fully saturated rings. The SMILES string of the molecule is COCc1nc(C)cc(NCC(C(C)C)N2CCN(C)CC2)n1. The summed E-state index contributed by atoms with van der Waals surface area (Å²) >= 11 is 0. The van der Waals surface area contributed by atoms with E-state index >= 15 is 0 Å². The smallest absolute Gasteiger partial charge is 0.156 e. The van der Waals surface area contributed by atoms with Gasteiger partial charge in [-0.3, -0.25) is 4.90 Å². The van der Waals surface area contributed by atoms with Crippen molar-refractivity contribution in [3.8, 4) is 0 Å². The molecule has 0 bridgehead atoms. The molecule has 1 aliphatic rings. The number of aryl methyl sites for hydroxylation is 1. The van der Waals surface area contributed by atoms with Gasteiger partial charge in [-0.1, -0.05) is 13.8 Å². The maximum Gasteiger partial charge on any atom is 0.156 e. The van der Waals surface area contributed by atoms with Crippen molar-refractivity contribution in [1.82, 2.24) is 19.8 Å². The predicted molar refractivity (Wildman–Crippen MR) is 93.7 cm³/mol. The third kappa shape index (κ3) is 5.41. The summed E-state index contributed by atoms with van der Waals surface area (Å²) in [7, 11) is 3.86. The molecule has 1 unspecified atom stereocenters. The maximum absolute atomic E-state index is 5.14. The number of aromatic nitrogens is 2. The highest BCUT2D eigenvalue weighted by Crippen LogP contribution is 2.15. The molecule has 0 saturated carbocycles. The Morgan fingerprint density at radius 2 is 1.91 bits per heavy atom. The average molecular weight is 321 g/mol. The first kappa shape index (κ1) is 18.1. The van der Waals surface area contributed by atoms with E-state index in [2.05, 4.69) is 46.0 Å². The lowest BCUT2D eigenvalue weighted by atomic mass is 10.0. The van der Waals surface area contributed by atoms with E-state index in [0.29, 0.717) is 18.6 Å². The summed E-state index contributed by atoms with van der Waals surface area (Å²) in [4.78, 5) is 13.9. The monoisotopic (exact) mass is 321 g/mol. The summed E-state index contributed by atoms with van der Waals surface area (Å²) in [6.07, 6.45) is 0. The number of hydrogen-bond acceptors (Lipinski definition) is 6. The Labute approximate surface area is 140 Å². The van der Waals surface area contributed by atoms with Crippen LogP contribution >= 0.6 is 0 Å². The van der Waals surface area contributed by atoms with Crippen LogP contribution in [-0.2, 0) is 11.3 Å². The van der Waals surface area contributed by atoms with E-state index in [9.17, 15) is 0 Å². The number of likely N-dealkylation sites (N-methyl/N-ethyl adjacent to an activating group) is 1. The van der Waals surface area contributed by atoms with Crippen LogP contribution in [0.5, 0.6) is 0 Å². The van der Waals surface area contributed by atoms with Gasteiger partial charge in [-0.05, 0) is 19.9 Å². The molecule has 0 radical (unpaired) electrons. The highest BCUT2D eigenvalue weighted by molar-refractivity contribution is 5.36. The second kappa shape index (κ2) is 8.57. The Morgan fingerprint density at radius 3 is 2.52 bits per heavy atom. The first-order chi connectivity index (χ1) is 11.0. The van der Waals surface area contributed by atoms with Crippen molar-refractivity contribution in [2.75, 3.05) is 52.2 Å². The van der Waals surface area contributed by atoms with Crippen molar-refractivity contribution in [1.29, 1.82) is 0 Å². The molecule has 1 aromatic rings. The minimum atomic E-state index is 0.447. The Morgan fingerprint density at radius 1 is 1.22 bits per heavy atom. The van der Waals surface area contributed by atoms with E-state index in [0.717, 1.165) is 50.1 Å². The van der Waals surface area contributed by atoms with Gasteiger partial charge in [0.25, 0.3) is 0 Å². The van der Waals surface area contributed by atoms with Gasteiger partial charge in [0.15, 0.2) is 5.82 Å². The summed E-state index contributed by atoms with van der Waals surface area (Å²) in [5.74, 6) is 2.23. The van der Waals surface area contributed by atoms with E-state index in [-0.39, 0.29) is 0 Å². The zero-order valence-electron chi connectivity index (χ0n) is 15.2. The number of piperazine rings is 1. The minimum Gasteiger partial charge on any atom is -0.377 e. The highest BCUT2D eigenvalue weighted by Gasteiger charge is 2.24. The fraction of sp³-hybridized carbons (Fsp3) is 0.765. The molecule has 6 nitrogen and oxygen atoms in total. The van der Waals surface area contributed by atoms with Gasteiger partial charge in [0.2, 0.25) is 0 Å². The molecule has 0 amide bonds. The van der Waals surface area contributed by atoms with Crippen LogP contribution in [0.3, 0.4) is 0 Å². The first-order valence-corrected chi connectivity index (χ1v) is 8.49. The van der Waals surface area contributed by atoms with Crippen LogP contribution in [0.25, 0.3) is 0 Å². The molecule has 23 heavy (non-hydrogen) atoms. The predicted octanol–water partition coefficient (Wildman–Crippen LogP) is 1.62. The second-order valence-corrected chi connectivity index (χ2v) is 6.78. The van der Waals surface area contributed by atoms with Crippen molar-refractivity contribution in [2.45, 2.75) is 33.4 Å². The van der Waals surface area contributed by atoms with Gasteiger partial charge >= 0.3 is 0 Å². The molecule has 0 spiro atoms. The van der Waals surface area contributed by atoms with Crippen LogP contribution in [0, 0.1) is 12.8 Å². The molecule has 1 N–H and O–H groups in total. The lowest BCUT2D eigenvalue weighted by Crippen LogP contribution is -2.52. The Kier molecular flexibility index (Phi) is 6.74. The summed E-state index contributed by atoms with van der Waals surface area (Å²) in [6, 6.07) is 2.52. The number of hydrogen-bond donors (Lipinski definition) is 1. The second-order valence-electron chi connectivity index (χ2n) is 6.78. The molecule has 2 heterocycles. The van der Waals surface area contributed by atoms with Crippen LogP contribution in [0.2, 0.25) is 0 Å². The quantitative estimate of drug-likeness (QED) is 0.823. The third-order valence-corrected chi connectivity index (χ3v) is 4.44. The number of anilines is 1. The standard InChI is InChI=1S/C17H31N5O/c1-13(2)15(22-8-6-21(4)7-9-22)11-18-16-10-14(3)19-17(20-16)12-23-5/h10,13,15H,6-9,11-12H2,1-5H3,(H,18,19,20). The largest absolute Gasteiger partial charge is 0.377 e. The minimum absolute atomic E-state index is 0.447. The van der Waals surface area contributed by atoms with E-state index in [1.165, 1.54) is 0 Å². The average Bonchev–Trinajstić information content (AvgIpc) is 2.49. The summed E-state index contributed by atoms with van der Waals surface area (Å²) in [5, 5.41) is 3.51. The number of ether oxygens (including phenoxy) is 1. The molecule has 0 aromatic carbocycles. The number of rotatable bonds is 7. The van der Waals surface area contributed by atoms with Gasteiger partial charge in [0, 0.05) is 57.6 Å². The Hall–Kier alpha value is -1.24. The summed E-state index contributed by atoms with van der Waals surface area (Å²) in [5.41, 5.74) is 0.968. The van der Waals surface area contributed by atoms with Crippen molar-refractivity contribution >= 4 is 5.82 Å². The van der Waals surface area contributed by atoms with Gasteiger partial charge in [-0.15, -0.1) is 0 Å². The summed E-state index contributed by atoms with van der Waals surface area (Å²) < 4.78 is 5.14. The Balaban J connectivity index is 1.98. The van der Waals surface area contributed by atoms with Gasteiger partial charge in [0.1, 0.15) is 12.4 Å². The van der Waals surface area contributed by atoms with Gasteiger partial charge in [-0.25, -0.2) is 9.97 Å². The van der Waals surface area contributed by atoms with Crippen molar-refractivity contribution in [3.05, 3.63) is 17.6 Å². The van der Waals surface area contributed by atoms with Gasteiger partial charge in [-0.2, -0.15) is 0 Å². The lowest BCUT2D eigenvalue weighted by Gasteiger charge is -2.40. The molecule has 6 heteroatoms. The van der Waals surface area contributed by atoms with Crippen LogP contribution in [-0.4, -0.2) is 72.7 Å². The molecular formula is C17H31N5O. The fourth-order valence-electron chi connectivity index (χ4n) is 3.06. The summed E-state index contributed by atoms with van der Waals surface area (Å²) in [6.45, 7) is 12.5. The van der Waals surface area contributed by atoms with Crippen LogP contribution in [0.4, 0.5) is 5.82 Å². The molecule has 1 saturated heterocycles. The van der Waals surface area contributed by atoms with E-state index in [4.69, 9.17) is 4.74 Å². The number of nitrogens with zero attached hydrogens (tertiary/aromatic N) is 4. The third-order valence-electron chi connectivity index (χ3n) is 4.44. The number of nitrogens with one attached hydrogen (secondary N) is 1. The normalized spacial score (nSPS) is 18.3. The van der Waals surface area contributed by atoms with Crippen LogP contribution in [0.15, 0.2) is 6.07 Å². The van der Waals surface area contributed by atoms with Crippen molar-refractivity contribution in [3.63, 3.8) is 0 Å². The topological polar surface area (TPSA) is 53.5 Å². The maximum atomic E-state index is 5.14. The number of methoxy groups -OCH3 is 1. The molecular weight excluding hydrogens is 290 g/mol. The molecule has 1 aromatic heterocycles. The molecule has 1 aliphatic heterocycles. The zero-order valence-corrected chi connectivity index (χ0v) is 15.2. The van der Waals surface area contributed by atoms with E-state index in [1.54, 1.807) is 7.11 Å². The van der Waals surface area contributed by atoms with Gasteiger partial charge < -0.3 is 15.0 Å². The van der Waals surface area contributed by atoms with E-state index in [1.807, 2.05) is 13.0 Å². The lowest BCUT2D eigenvalue weighted by molar-refractivity contribution is 0.0944. The fourth-order valence-corrected chi connectivity index (χ4v) is 3.06. The van der Waals surface area contributed by atoms with Crippen LogP contribution < -0.4 is 5.32 Å².